The molecule has 0 heterocycles. The van der Waals surface area contributed by atoms with E-state index in [0.29, 0.717) is 4.90 Å². The number of hydrogen-bond acceptors (Lipinski definition) is 3. The van der Waals surface area contributed by atoms with Crippen LogP contribution in [0.1, 0.15) is 31.2 Å². The average molecular weight is 282 g/mol. The van der Waals surface area contributed by atoms with Crippen LogP contribution in [-0.4, -0.2) is 25.7 Å². The Morgan fingerprint density at radius 1 is 1.47 bits per heavy atom. The van der Waals surface area contributed by atoms with E-state index < -0.39 is 15.8 Å². The molecule has 1 aromatic carbocycles. The minimum atomic E-state index is -3.19. The molecule has 19 heavy (non-hydrogen) atoms. The predicted molar refractivity (Wildman–Crippen MR) is 71.8 cm³/mol. The third kappa shape index (κ3) is 3.35. The molecule has 3 unspecified atom stereocenters. The van der Waals surface area contributed by atoms with Gasteiger partial charge < -0.3 is 5.11 Å². The van der Waals surface area contributed by atoms with Crippen LogP contribution in [-0.2, 0) is 14.6 Å². The number of aliphatic carboxylic acids is 1. The highest BCUT2D eigenvalue weighted by molar-refractivity contribution is 7.90. The van der Waals surface area contributed by atoms with Crippen LogP contribution in [0.15, 0.2) is 29.2 Å². The van der Waals surface area contributed by atoms with Gasteiger partial charge in [-0.1, -0.05) is 19.1 Å². The summed E-state index contributed by atoms with van der Waals surface area (Å²) in [6.45, 7) is 2.01. The predicted octanol–water partition coefficient (Wildman–Crippen LogP) is 2.30. The first-order valence-corrected chi connectivity index (χ1v) is 8.21. The Hall–Kier alpha value is -1.36. The molecular weight excluding hydrogens is 264 g/mol. The number of carbonyl (C=O) groups is 1. The van der Waals surface area contributed by atoms with Gasteiger partial charge in [-0.05, 0) is 42.4 Å². The van der Waals surface area contributed by atoms with Crippen molar-refractivity contribution in [2.45, 2.75) is 30.6 Å². The molecule has 1 saturated carbocycles. The lowest BCUT2D eigenvalue weighted by atomic mass is 9.95. The highest BCUT2D eigenvalue weighted by Gasteiger charge is 2.43. The first-order valence-electron chi connectivity index (χ1n) is 6.32. The van der Waals surface area contributed by atoms with E-state index in [1.54, 1.807) is 18.2 Å². The number of sulfone groups is 1. The van der Waals surface area contributed by atoms with Crippen LogP contribution >= 0.6 is 0 Å². The van der Waals surface area contributed by atoms with Gasteiger partial charge in [0.1, 0.15) is 0 Å². The van der Waals surface area contributed by atoms with Gasteiger partial charge in [0.2, 0.25) is 0 Å². The second-order valence-corrected chi connectivity index (χ2v) is 7.44. The molecule has 1 N–H and O–H groups in total. The lowest BCUT2D eigenvalue weighted by Crippen LogP contribution is -2.03. The molecular formula is C14H18O4S. The van der Waals surface area contributed by atoms with E-state index in [1.807, 2.05) is 13.0 Å². The second-order valence-electron chi connectivity index (χ2n) is 5.42. The molecule has 0 spiro atoms. The van der Waals surface area contributed by atoms with Gasteiger partial charge in [0.15, 0.2) is 9.84 Å². The van der Waals surface area contributed by atoms with Crippen molar-refractivity contribution in [3.05, 3.63) is 29.8 Å². The number of carboxylic acids is 1. The quantitative estimate of drug-likeness (QED) is 0.899. The smallest absolute Gasteiger partial charge is 0.306 e. The standard InChI is InChI=1S/C14H18O4S/c1-9(6-11-8-13(11)14(15)16)10-4-3-5-12(7-10)19(2,17)18/h3-5,7,9,11,13H,6,8H2,1-2H3,(H,15,16). The van der Waals surface area contributed by atoms with E-state index in [9.17, 15) is 13.2 Å². The molecule has 0 radical (unpaired) electrons. The van der Waals surface area contributed by atoms with Crippen LogP contribution in [0.5, 0.6) is 0 Å². The molecule has 4 nitrogen and oxygen atoms in total. The minimum absolute atomic E-state index is 0.177. The van der Waals surface area contributed by atoms with E-state index >= 15 is 0 Å². The van der Waals surface area contributed by atoms with Crippen LogP contribution < -0.4 is 0 Å². The Labute approximate surface area is 113 Å². The fourth-order valence-corrected chi connectivity index (χ4v) is 3.13. The van der Waals surface area contributed by atoms with E-state index in [0.717, 1.165) is 18.4 Å². The Morgan fingerprint density at radius 3 is 2.68 bits per heavy atom. The van der Waals surface area contributed by atoms with Crippen molar-refractivity contribution in [3.63, 3.8) is 0 Å². The van der Waals surface area contributed by atoms with Crippen molar-refractivity contribution in [1.82, 2.24) is 0 Å². The van der Waals surface area contributed by atoms with Gasteiger partial charge in [0.05, 0.1) is 10.8 Å². The molecule has 3 atom stereocenters. The fraction of sp³-hybridized carbons (Fsp3) is 0.500. The molecule has 0 aromatic heterocycles. The van der Waals surface area contributed by atoms with Crippen molar-refractivity contribution in [3.8, 4) is 0 Å². The molecule has 0 amide bonds. The van der Waals surface area contributed by atoms with Crippen LogP contribution in [0.25, 0.3) is 0 Å². The molecule has 0 aliphatic heterocycles. The van der Waals surface area contributed by atoms with Gasteiger partial charge in [0.25, 0.3) is 0 Å². The van der Waals surface area contributed by atoms with Gasteiger partial charge >= 0.3 is 5.97 Å². The molecule has 2 rings (SSSR count). The van der Waals surface area contributed by atoms with Crippen molar-refractivity contribution >= 4 is 15.8 Å². The lowest BCUT2D eigenvalue weighted by Gasteiger charge is -2.12. The molecule has 1 aromatic rings. The third-order valence-corrected chi connectivity index (χ3v) is 4.86. The SMILES string of the molecule is CC(CC1CC1C(=O)O)c1cccc(S(C)(=O)=O)c1. The Morgan fingerprint density at radius 2 is 2.16 bits per heavy atom. The van der Waals surface area contributed by atoms with Gasteiger partial charge in [-0.3, -0.25) is 4.79 Å². The van der Waals surface area contributed by atoms with Gasteiger partial charge in [-0.2, -0.15) is 0 Å². The topological polar surface area (TPSA) is 71.4 Å². The molecule has 5 heteroatoms. The summed E-state index contributed by atoms with van der Waals surface area (Å²) in [4.78, 5) is 11.1. The van der Waals surface area contributed by atoms with Crippen molar-refractivity contribution < 1.29 is 18.3 Å². The van der Waals surface area contributed by atoms with Crippen LogP contribution in [0.3, 0.4) is 0 Å². The van der Waals surface area contributed by atoms with Crippen LogP contribution in [0.4, 0.5) is 0 Å². The normalized spacial score (nSPS) is 23.9. The fourth-order valence-electron chi connectivity index (χ4n) is 2.45. The Kier molecular flexibility index (Phi) is 3.67. The van der Waals surface area contributed by atoms with Crippen molar-refractivity contribution in [1.29, 1.82) is 0 Å². The zero-order chi connectivity index (χ0) is 14.2. The van der Waals surface area contributed by atoms with Gasteiger partial charge in [0, 0.05) is 6.26 Å². The number of hydrogen-bond donors (Lipinski definition) is 1. The van der Waals surface area contributed by atoms with Crippen LogP contribution in [0.2, 0.25) is 0 Å². The van der Waals surface area contributed by atoms with Crippen molar-refractivity contribution in [2.24, 2.45) is 11.8 Å². The zero-order valence-electron chi connectivity index (χ0n) is 11.0. The molecule has 1 fully saturated rings. The largest absolute Gasteiger partial charge is 0.481 e. The van der Waals surface area contributed by atoms with Crippen molar-refractivity contribution in [2.75, 3.05) is 6.26 Å². The summed E-state index contributed by atoms with van der Waals surface area (Å²) in [5, 5.41) is 8.88. The third-order valence-electron chi connectivity index (χ3n) is 3.75. The molecule has 104 valence electrons. The summed E-state index contributed by atoms with van der Waals surface area (Å²) < 4.78 is 23.0. The van der Waals surface area contributed by atoms with Gasteiger partial charge in [-0.25, -0.2) is 8.42 Å². The average Bonchev–Trinajstić information content (AvgIpc) is 3.07. The van der Waals surface area contributed by atoms with E-state index in [-0.39, 0.29) is 17.8 Å². The number of rotatable bonds is 5. The first kappa shape index (κ1) is 14.1. The summed E-state index contributed by atoms with van der Waals surface area (Å²) >= 11 is 0. The van der Waals surface area contributed by atoms with Crippen LogP contribution in [0, 0.1) is 11.8 Å². The molecule has 1 aliphatic carbocycles. The summed E-state index contributed by atoms with van der Waals surface area (Å²) in [5.41, 5.74) is 0.957. The molecule has 1 aliphatic rings. The van der Waals surface area contributed by atoms with E-state index in [2.05, 4.69) is 0 Å². The Balaban J connectivity index is 2.08. The molecule has 0 bridgehead atoms. The monoisotopic (exact) mass is 282 g/mol. The lowest BCUT2D eigenvalue weighted by molar-refractivity contribution is -0.138. The highest BCUT2D eigenvalue weighted by atomic mass is 32.2. The summed E-state index contributed by atoms with van der Waals surface area (Å²) in [7, 11) is -3.19. The number of carboxylic acid groups (broad SMARTS) is 1. The summed E-state index contributed by atoms with van der Waals surface area (Å²) in [6.07, 6.45) is 2.73. The van der Waals surface area contributed by atoms with Gasteiger partial charge in [-0.15, -0.1) is 0 Å². The maximum atomic E-state index is 11.5. The van der Waals surface area contributed by atoms with E-state index in [4.69, 9.17) is 5.11 Å². The molecule has 0 saturated heterocycles. The highest BCUT2D eigenvalue weighted by Crippen LogP contribution is 2.45. The zero-order valence-corrected chi connectivity index (χ0v) is 11.9. The van der Waals surface area contributed by atoms with E-state index in [1.165, 1.54) is 6.26 Å². The maximum absolute atomic E-state index is 11.5. The summed E-state index contributed by atoms with van der Waals surface area (Å²) in [6, 6.07) is 6.92. The Bertz CT molecular complexity index is 591. The first-order chi connectivity index (χ1) is 8.79. The summed E-state index contributed by atoms with van der Waals surface area (Å²) in [5.74, 6) is -0.520. The maximum Gasteiger partial charge on any atom is 0.306 e. The number of benzene rings is 1. The minimum Gasteiger partial charge on any atom is -0.481 e. The second kappa shape index (κ2) is 4.96.